The van der Waals surface area contributed by atoms with Gasteiger partial charge in [-0.25, -0.2) is 4.79 Å². The molecule has 3 aromatic carbocycles. The van der Waals surface area contributed by atoms with E-state index < -0.39 is 5.97 Å². The third-order valence-electron chi connectivity index (χ3n) is 4.31. The molecule has 158 valence electrons. The Balaban J connectivity index is 1.63. The van der Waals surface area contributed by atoms with Gasteiger partial charge in [0.2, 0.25) is 5.91 Å². The first kappa shape index (κ1) is 22.6. The zero-order valence-electron chi connectivity index (χ0n) is 16.3. The normalized spacial score (nSPS) is 11.1. The van der Waals surface area contributed by atoms with Gasteiger partial charge in [0.05, 0.1) is 4.47 Å². The molecule has 0 saturated carbocycles. The predicted octanol–water partition coefficient (Wildman–Crippen LogP) is 6.07. The van der Waals surface area contributed by atoms with Crippen molar-refractivity contribution in [3.05, 3.63) is 99.1 Å². The minimum absolute atomic E-state index is 0.158. The van der Waals surface area contributed by atoms with Gasteiger partial charge in [-0.1, -0.05) is 48.0 Å². The number of rotatable bonds is 8. The molecule has 0 unspecified atom stereocenters. The van der Waals surface area contributed by atoms with Crippen molar-refractivity contribution < 1.29 is 19.4 Å². The molecule has 3 aromatic rings. The number of hydrogen-bond donors (Lipinski definition) is 2. The van der Waals surface area contributed by atoms with E-state index in [4.69, 9.17) is 16.3 Å². The van der Waals surface area contributed by atoms with E-state index in [1.54, 1.807) is 36.4 Å². The van der Waals surface area contributed by atoms with Gasteiger partial charge in [-0.2, -0.15) is 0 Å². The first-order chi connectivity index (χ1) is 14.9. The zero-order chi connectivity index (χ0) is 22.2. The van der Waals surface area contributed by atoms with Crippen molar-refractivity contribution >= 4 is 45.5 Å². The number of aliphatic carboxylic acids is 1. The van der Waals surface area contributed by atoms with Crippen molar-refractivity contribution in [1.82, 2.24) is 5.32 Å². The Morgan fingerprint density at radius 2 is 1.68 bits per heavy atom. The number of para-hydroxylation sites is 1. The number of halogens is 2. The first-order valence-corrected chi connectivity index (χ1v) is 10.6. The number of carbonyl (C=O) groups excluding carboxylic acids is 1. The molecule has 0 aliphatic heterocycles. The van der Waals surface area contributed by atoms with E-state index in [1.165, 1.54) is 6.08 Å². The topological polar surface area (TPSA) is 75.6 Å². The van der Waals surface area contributed by atoms with Crippen LogP contribution in [0.2, 0.25) is 5.02 Å². The van der Waals surface area contributed by atoms with Gasteiger partial charge in [-0.15, -0.1) is 0 Å². The molecule has 3 rings (SSSR count). The lowest BCUT2D eigenvalue weighted by atomic mass is 10.1. The summed E-state index contributed by atoms with van der Waals surface area (Å²) >= 11 is 9.27. The number of hydrogen-bond acceptors (Lipinski definition) is 3. The molecular formula is C24H19BrClNO4. The summed E-state index contributed by atoms with van der Waals surface area (Å²) in [6, 6.07) is 21.5. The van der Waals surface area contributed by atoms with Crippen molar-refractivity contribution in [1.29, 1.82) is 0 Å². The Labute approximate surface area is 193 Å². The van der Waals surface area contributed by atoms with Gasteiger partial charge in [0.15, 0.2) is 0 Å². The maximum Gasteiger partial charge on any atom is 0.352 e. The summed E-state index contributed by atoms with van der Waals surface area (Å²) in [6.07, 6.45) is 2.05. The number of ether oxygens (including phenoxy) is 1. The third kappa shape index (κ3) is 6.98. The zero-order valence-corrected chi connectivity index (χ0v) is 18.7. The van der Waals surface area contributed by atoms with E-state index in [1.807, 2.05) is 36.4 Å². The Morgan fingerprint density at radius 3 is 2.32 bits per heavy atom. The van der Waals surface area contributed by atoms with Crippen molar-refractivity contribution in [2.75, 3.05) is 0 Å². The van der Waals surface area contributed by atoms with Crippen molar-refractivity contribution in [3.8, 4) is 11.5 Å². The van der Waals surface area contributed by atoms with Gasteiger partial charge < -0.3 is 15.2 Å². The Kier molecular flexibility index (Phi) is 7.87. The fourth-order valence-electron chi connectivity index (χ4n) is 2.73. The molecule has 0 bridgehead atoms. The second-order valence-electron chi connectivity index (χ2n) is 6.64. The molecule has 0 fully saturated rings. The first-order valence-electron chi connectivity index (χ1n) is 9.42. The average Bonchev–Trinajstić information content (AvgIpc) is 2.75. The van der Waals surface area contributed by atoms with Crippen LogP contribution in [0.15, 0.2) is 83.0 Å². The highest BCUT2D eigenvalue weighted by atomic mass is 79.9. The SMILES string of the molecule is O=C(CCc1ccc(Cl)cc1)NC(=Cc1ccc(Oc2ccccc2Br)cc1)C(=O)O. The standard InChI is InChI=1S/C24H19BrClNO4/c25-20-3-1-2-4-22(20)31-19-12-7-17(8-13-19)15-21(24(29)30)27-23(28)14-9-16-5-10-18(26)11-6-16/h1-8,10-13,15H,9,14H2,(H,27,28)(H,29,30). The molecule has 0 saturated heterocycles. The number of carboxylic acids is 1. The number of carboxylic acid groups (broad SMARTS) is 1. The fraction of sp³-hybridized carbons (Fsp3) is 0.0833. The van der Waals surface area contributed by atoms with Crippen LogP contribution in [-0.4, -0.2) is 17.0 Å². The lowest BCUT2D eigenvalue weighted by Gasteiger charge is -2.09. The van der Waals surface area contributed by atoms with Gasteiger partial charge in [0, 0.05) is 11.4 Å². The monoisotopic (exact) mass is 499 g/mol. The van der Waals surface area contributed by atoms with Crippen LogP contribution in [0.1, 0.15) is 17.5 Å². The van der Waals surface area contributed by atoms with Crippen LogP contribution in [0, 0.1) is 0 Å². The number of amides is 1. The smallest absolute Gasteiger partial charge is 0.352 e. The second kappa shape index (κ2) is 10.8. The maximum absolute atomic E-state index is 12.2. The summed E-state index contributed by atoms with van der Waals surface area (Å²) in [7, 11) is 0. The van der Waals surface area contributed by atoms with Crippen LogP contribution in [0.5, 0.6) is 11.5 Å². The Hall–Kier alpha value is -3.09. The van der Waals surface area contributed by atoms with Gasteiger partial charge >= 0.3 is 5.97 Å². The van der Waals surface area contributed by atoms with Gasteiger partial charge in [0.1, 0.15) is 17.2 Å². The van der Waals surface area contributed by atoms with Crippen LogP contribution in [-0.2, 0) is 16.0 Å². The molecular weight excluding hydrogens is 482 g/mol. The van der Waals surface area contributed by atoms with E-state index in [0.29, 0.717) is 28.5 Å². The van der Waals surface area contributed by atoms with Crippen LogP contribution in [0.3, 0.4) is 0 Å². The molecule has 0 aliphatic carbocycles. The van der Waals surface area contributed by atoms with Crippen molar-refractivity contribution in [3.63, 3.8) is 0 Å². The second-order valence-corrected chi connectivity index (χ2v) is 7.93. The molecule has 1 amide bonds. The molecule has 0 spiro atoms. The van der Waals surface area contributed by atoms with E-state index in [9.17, 15) is 14.7 Å². The minimum Gasteiger partial charge on any atom is -0.477 e. The molecule has 0 radical (unpaired) electrons. The molecule has 0 aromatic heterocycles. The summed E-state index contributed by atoms with van der Waals surface area (Å²) < 4.78 is 6.63. The summed E-state index contributed by atoms with van der Waals surface area (Å²) in [4.78, 5) is 23.8. The number of carbonyl (C=O) groups is 2. The van der Waals surface area contributed by atoms with E-state index in [0.717, 1.165) is 10.0 Å². The van der Waals surface area contributed by atoms with Crippen LogP contribution in [0.4, 0.5) is 0 Å². The quantitative estimate of drug-likeness (QED) is 0.368. The van der Waals surface area contributed by atoms with Crippen LogP contribution in [0.25, 0.3) is 6.08 Å². The maximum atomic E-state index is 12.2. The minimum atomic E-state index is -1.21. The highest BCUT2D eigenvalue weighted by Gasteiger charge is 2.12. The summed E-state index contributed by atoms with van der Waals surface area (Å²) in [5.41, 5.74) is 1.37. The Bertz CT molecular complexity index is 1100. The lowest BCUT2D eigenvalue weighted by molar-refractivity contribution is -0.134. The molecule has 5 nitrogen and oxygen atoms in total. The van der Waals surface area contributed by atoms with Crippen molar-refractivity contribution in [2.24, 2.45) is 0 Å². The number of nitrogens with one attached hydrogen (secondary N) is 1. The summed E-state index contributed by atoms with van der Waals surface area (Å²) in [5, 5.41) is 12.5. The van der Waals surface area contributed by atoms with E-state index in [2.05, 4.69) is 21.2 Å². The number of benzene rings is 3. The number of aryl methyl sites for hydroxylation is 1. The van der Waals surface area contributed by atoms with Gasteiger partial charge in [0.25, 0.3) is 0 Å². The molecule has 2 N–H and O–H groups in total. The molecule has 0 aliphatic rings. The molecule has 31 heavy (non-hydrogen) atoms. The van der Waals surface area contributed by atoms with Crippen LogP contribution >= 0.6 is 27.5 Å². The molecule has 7 heteroatoms. The lowest BCUT2D eigenvalue weighted by Crippen LogP contribution is -2.27. The highest BCUT2D eigenvalue weighted by Crippen LogP contribution is 2.29. The summed E-state index contributed by atoms with van der Waals surface area (Å²) in [5.74, 6) is -0.316. The van der Waals surface area contributed by atoms with Gasteiger partial charge in [-0.3, -0.25) is 4.79 Å². The summed E-state index contributed by atoms with van der Waals surface area (Å²) in [6.45, 7) is 0. The molecule has 0 heterocycles. The highest BCUT2D eigenvalue weighted by molar-refractivity contribution is 9.10. The third-order valence-corrected chi connectivity index (χ3v) is 5.22. The Morgan fingerprint density at radius 1 is 1.00 bits per heavy atom. The fourth-order valence-corrected chi connectivity index (χ4v) is 3.22. The van der Waals surface area contributed by atoms with Gasteiger partial charge in [-0.05, 0) is 76.0 Å². The van der Waals surface area contributed by atoms with Crippen molar-refractivity contribution in [2.45, 2.75) is 12.8 Å². The largest absolute Gasteiger partial charge is 0.477 e. The average molecular weight is 501 g/mol. The van der Waals surface area contributed by atoms with E-state index >= 15 is 0 Å². The predicted molar refractivity (Wildman–Crippen MR) is 124 cm³/mol. The van der Waals surface area contributed by atoms with Crippen LogP contribution < -0.4 is 10.1 Å². The molecule has 0 atom stereocenters. The van der Waals surface area contributed by atoms with E-state index in [-0.39, 0.29) is 18.0 Å².